The highest BCUT2D eigenvalue weighted by atomic mass is 16.5. The molecule has 0 aromatic rings. The summed E-state index contributed by atoms with van der Waals surface area (Å²) in [6.07, 6.45) is 24.3. The Morgan fingerprint density at radius 2 is 1.40 bits per heavy atom. The molecule has 142 valence electrons. The molecule has 2 atom stereocenters. The quantitative estimate of drug-likeness (QED) is 0.474. The van der Waals surface area contributed by atoms with Gasteiger partial charge in [-0.3, -0.25) is 0 Å². The molecule has 0 aromatic heterocycles. The van der Waals surface area contributed by atoms with E-state index in [1.807, 2.05) is 0 Å². The zero-order chi connectivity index (χ0) is 17.5. The van der Waals surface area contributed by atoms with Gasteiger partial charge in [0.2, 0.25) is 0 Å². The average molecular weight is 345 g/mol. The second-order valence-corrected chi connectivity index (χ2v) is 9.07. The van der Waals surface area contributed by atoms with E-state index in [-0.39, 0.29) is 0 Å². The van der Waals surface area contributed by atoms with Gasteiger partial charge >= 0.3 is 0 Å². The van der Waals surface area contributed by atoms with Crippen LogP contribution in [0.3, 0.4) is 0 Å². The largest absolute Gasteiger partial charge is 0.378 e. The fraction of sp³-hybridized carbons (Fsp3) is 0.833. The lowest BCUT2D eigenvalue weighted by atomic mass is 9.76. The maximum Gasteiger partial charge on any atom is 0.0603 e. The highest BCUT2D eigenvalue weighted by Crippen LogP contribution is 2.37. The molecule has 3 fully saturated rings. The molecule has 0 amide bonds. The fourth-order valence-corrected chi connectivity index (χ4v) is 5.43. The van der Waals surface area contributed by atoms with Crippen LogP contribution in [0.15, 0.2) is 24.8 Å². The molecule has 3 aliphatic rings. The summed E-state index contributed by atoms with van der Waals surface area (Å²) in [6, 6.07) is 0. The second kappa shape index (κ2) is 9.95. The molecule has 0 radical (unpaired) electrons. The average Bonchev–Trinajstić information content (AvgIpc) is 2.68. The van der Waals surface area contributed by atoms with Crippen LogP contribution in [0.2, 0.25) is 0 Å². The van der Waals surface area contributed by atoms with E-state index in [1.165, 1.54) is 77.0 Å². The van der Waals surface area contributed by atoms with Gasteiger partial charge in [0.15, 0.2) is 0 Å². The molecule has 0 bridgehead atoms. The Bertz CT molecular complexity index is 402. The van der Waals surface area contributed by atoms with Crippen LogP contribution in [0.4, 0.5) is 0 Å². The number of ether oxygens (including phenoxy) is 1. The van der Waals surface area contributed by atoms with E-state index in [0.29, 0.717) is 6.10 Å². The highest BCUT2D eigenvalue weighted by Gasteiger charge is 2.31. The van der Waals surface area contributed by atoms with Crippen LogP contribution in [0.25, 0.3) is 0 Å². The Kier molecular flexibility index (Phi) is 7.65. The van der Waals surface area contributed by atoms with Crippen LogP contribution < -0.4 is 0 Å². The Morgan fingerprint density at radius 1 is 0.800 bits per heavy atom. The van der Waals surface area contributed by atoms with Crippen LogP contribution >= 0.6 is 0 Å². The van der Waals surface area contributed by atoms with Gasteiger partial charge in [-0.05, 0) is 100 Å². The van der Waals surface area contributed by atoms with Crippen molar-refractivity contribution < 1.29 is 4.74 Å². The lowest BCUT2D eigenvalue weighted by molar-refractivity contribution is -0.0583. The minimum Gasteiger partial charge on any atom is -0.378 e. The lowest BCUT2D eigenvalue weighted by Crippen LogP contribution is -2.34. The first-order valence-corrected chi connectivity index (χ1v) is 11.2. The van der Waals surface area contributed by atoms with Gasteiger partial charge < -0.3 is 4.74 Å². The van der Waals surface area contributed by atoms with Crippen molar-refractivity contribution in [3.8, 4) is 0 Å². The predicted molar refractivity (Wildman–Crippen MR) is 108 cm³/mol. The summed E-state index contributed by atoms with van der Waals surface area (Å²) in [5.74, 6) is 4.15. The maximum atomic E-state index is 6.27. The summed E-state index contributed by atoms with van der Waals surface area (Å²) in [7, 11) is 0. The molecule has 1 nitrogen and oxygen atoms in total. The molecule has 25 heavy (non-hydrogen) atoms. The second-order valence-electron chi connectivity index (χ2n) is 9.07. The molecule has 2 saturated carbocycles. The van der Waals surface area contributed by atoms with Crippen molar-refractivity contribution in [3.63, 3.8) is 0 Å². The van der Waals surface area contributed by atoms with Gasteiger partial charge in [0, 0.05) is 6.61 Å². The number of allylic oxidation sites excluding steroid dienone is 3. The molecule has 2 aliphatic carbocycles. The first-order valence-electron chi connectivity index (χ1n) is 11.2. The number of hydrogen-bond donors (Lipinski definition) is 0. The Morgan fingerprint density at radius 3 is 1.92 bits per heavy atom. The topological polar surface area (TPSA) is 9.23 Å². The fourth-order valence-electron chi connectivity index (χ4n) is 5.43. The van der Waals surface area contributed by atoms with Crippen molar-refractivity contribution in [2.45, 2.75) is 90.1 Å². The SMILES string of the molecule is C=CC1CCC(C=CC2CCC(C3CCC(CCC)CO3)CC2)CC1. The van der Waals surface area contributed by atoms with E-state index in [1.54, 1.807) is 0 Å². The van der Waals surface area contributed by atoms with E-state index < -0.39 is 0 Å². The standard InChI is InChI=1S/C24H40O/c1-3-5-22-14-17-24(25-18-22)23-15-12-21(13-16-23)11-10-20-8-6-19(4-2)7-9-20/h4,10-11,19-24H,2-3,5-9,12-18H2,1H3. The first kappa shape index (κ1) is 19.2. The Balaban J connectivity index is 1.35. The molecule has 0 aromatic carbocycles. The smallest absolute Gasteiger partial charge is 0.0603 e. The molecule has 3 rings (SSSR count). The number of rotatable bonds is 6. The summed E-state index contributed by atoms with van der Waals surface area (Å²) in [5, 5.41) is 0. The van der Waals surface area contributed by atoms with Gasteiger partial charge in [-0.15, -0.1) is 6.58 Å². The molecular formula is C24H40O. The van der Waals surface area contributed by atoms with E-state index in [2.05, 4.69) is 31.7 Å². The Hall–Kier alpha value is -0.560. The van der Waals surface area contributed by atoms with Gasteiger partial charge in [0.05, 0.1) is 6.10 Å². The summed E-state index contributed by atoms with van der Waals surface area (Å²) in [4.78, 5) is 0. The molecule has 1 heteroatoms. The van der Waals surface area contributed by atoms with Crippen molar-refractivity contribution >= 4 is 0 Å². The van der Waals surface area contributed by atoms with Gasteiger partial charge in [0.25, 0.3) is 0 Å². The first-order chi connectivity index (χ1) is 12.3. The minimum absolute atomic E-state index is 0.576. The predicted octanol–water partition coefficient (Wildman–Crippen LogP) is 6.94. The molecule has 0 N–H and O–H groups in total. The summed E-state index contributed by atoms with van der Waals surface area (Å²) in [5.41, 5.74) is 0. The molecule has 1 saturated heterocycles. The maximum absolute atomic E-state index is 6.27. The third-order valence-corrected chi connectivity index (χ3v) is 7.25. The van der Waals surface area contributed by atoms with Crippen molar-refractivity contribution in [1.82, 2.24) is 0 Å². The van der Waals surface area contributed by atoms with E-state index in [9.17, 15) is 0 Å². The van der Waals surface area contributed by atoms with Crippen molar-refractivity contribution in [3.05, 3.63) is 24.8 Å². The normalized spacial score (nSPS) is 40.2. The zero-order valence-corrected chi connectivity index (χ0v) is 16.5. The molecule has 2 unspecified atom stereocenters. The van der Waals surface area contributed by atoms with Gasteiger partial charge in [-0.1, -0.05) is 31.6 Å². The molecule has 0 spiro atoms. The van der Waals surface area contributed by atoms with E-state index in [0.717, 1.165) is 36.2 Å². The van der Waals surface area contributed by atoms with E-state index >= 15 is 0 Å². The van der Waals surface area contributed by atoms with Crippen molar-refractivity contribution in [1.29, 1.82) is 0 Å². The zero-order valence-electron chi connectivity index (χ0n) is 16.5. The van der Waals surface area contributed by atoms with Crippen LogP contribution in [-0.4, -0.2) is 12.7 Å². The van der Waals surface area contributed by atoms with Crippen molar-refractivity contribution in [2.24, 2.45) is 29.6 Å². The van der Waals surface area contributed by atoms with E-state index in [4.69, 9.17) is 4.74 Å². The van der Waals surface area contributed by atoms with Gasteiger partial charge in [-0.25, -0.2) is 0 Å². The van der Waals surface area contributed by atoms with Crippen LogP contribution in [0.5, 0.6) is 0 Å². The molecule has 1 heterocycles. The van der Waals surface area contributed by atoms with Gasteiger partial charge in [-0.2, -0.15) is 0 Å². The summed E-state index contributed by atoms with van der Waals surface area (Å²) < 4.78 is 6.27. The third-order valence-electron chi connectivity index (χ3n) is 7.25. The minimum atomic E-state index is 0.576. The van der Waals surface area contributed by atoms with Crippen molar-refractivity contribution in [2.75, 3.05) is 6.61 Å². The van der Waals surface area contributed by atoms with Crippen LogP contribution in [-0.2, 0) is 4.74 Å². The summed E-state index contributed by atoms with van der Waals surface area (Å²) in [6.45, 7) is 7.29. The highest BCUT2D eigenvalue weighted by molar-refractivity contribution is 4.98. The molecular weight excluding hydrogens is 304 g/mol. The van der Waals surface area contributed by atoms with Crippen LogP contribution in [0, 0.1) is 29.6 Å². The molecule has 1 aliphatic heterocycles. The van der Waals surface area contributed by atoms with Crippen LogP contribution in [0.1, 0.15) is 84.0 Å². The summed E-state index contributed by atoms with van der Waals surface area (Å²) >= 11 is 0. The lowest BCUT2D eigenvalue weighted by Gasteiger charge is -2.37. The monoisotopic (exact) mass is 344 g/mol. The third kappa shape index (κ3) is 5.71. The number of hydrogen-bond acceptors (Lipinski definition) is 1. The Labute approximate surface area is 156 Å². The van der Waals surface area contributed by atoms with Gasteiger partial charge in [0.1, 0.15) is 0 Å².